The molecular formula is C24H26N6O2S. The first-order chi connectivity index (χ1) is 16.3. The van der Waals surface area contributed by atoms with Crippen LogP contribution < -0.4 is 4.74 Å². The zero-order chi connectivity index (χ0) is 22.5. The lowest BCUT2D eigenvalue weighted by Crippen LogP contribution is -2.30. The largest absolute Gasteiger partial charge is 0.497 e. The number of aromatic nitrogens is 5. The van der Waals surface area contributed by atoms with Crippen molar-refractivity contribution in [2.24, 2.45) is 0 Å². The van der Waals surface area contributed by atoms with E-state index in [1.807, 2.05) is 42.5 Å². The standard InChI is InChI=1S/C24H26N6O2S/c1-31-20-12-10-18(11-13-20)23-27-26-22(32-23)17-33-24-28-25-21(16-29-14-6-3-7-15-29)30(24)19-8-4-2-5-9-19/h2,4-5,8-13H,3,6-7,14-17H2,1H3. The molecule has 0 radical (unpaired) electrons. The molecule has 1 saturated heterocycles. The Morgan fingerprint density at radius 2 is 1.70 bits per heavy atom. The molecule has 170 valence electrons. The fraction of sp³-hybridized carbons (Fsp3) is 0.333. The number of thioether (sulfide) groups is 1. The second kappa shape index (κ2) is 10.2. The van der Waals surface area contributed by atoms with Crippen LogP contribution in [0.5, 0.6) is 5.75 Å². The van der Waals surface area contributed by atoms with Gasteiger partial charge in [-0.15, -0.1) is 20.4 Å². The third kappa shape index (κ3) is 5.09. The number of ether oxygens (including phenoxy) is 1. The molecule has 0 saturated carbocycles. The minimum absolute atomic E-state index is 0.489. The summed E-state index contributed by atoms with van der Waals surface area (Å²) in [5.74, 6) is 3.29. The van der Waals surface area contributed by atoms with Crippen LogP contribution in [0.15, 0.2) is 64.2 Å². The molecule has 0 N–H and O–H groups in total. The maximum Gasteiger partial charge on any atom is 0.247 e. The van der Waals surface area contributed by atoms with Crippen molar-refractivity contribution in [2.75, 3.05) is 20.2 Å². The van der Waals surface area contributed by atoms with Gasteiger partial charge in [-0.05, 0) is 62.3 Å². The number of nitrogens with zero attached hydrogens (tertiary/aromatic N) is 6. The smallest absolute Gasteiger partial charge is 0.247 e. The van der Waals surface area contributed by atoms with Crippen LogP contribution in [0.1, 0.15) is 31.0 Å². The number of hydrogen-bond acceptors (Lipinski definition) is 8. The Kier molecular flexibility index (Phi) is 6.68. The van der Waals surface area contributed by atoms with Crippen LogP contribution in [0.3, 0.4) is 0 Å². The molecule has 0 unspecified atom stereocenters. The van der Waals surface area contributed by atoms with E-state index in [9.17, 15) is 0 Å². The van der Waals surface area contributed by atoms with Crippen molar-refractivity contribution in [3.63, 3.8) is 0 Å². The Morgan fingerprint density at radius 3 is 2.45 bits per heavy atom. The van der Waals surface area contributed by atoms with Gasteiger partial charge in [-0.3, -0.25) is 9.47 Å². The fourth-order valence-electron chi connectivity index (χ4n) is 3.94. The lowest BCUT2D eigenvalue weighted by molar-refractivity contribution is 0.214. The van der Waals surface area contributed by atoms with Crippen molar-refractivity contribution in [1.82, 2.24) is 29.9 Å². The average molecular weight is 463 g/mol. The fourth-order valence-corrected chi connectivity index (χ4v) is 4.75. The SMILES string of the molecule is COc1ccc(-c2nnc(CSc3nnc(CN4CCCCC4)n3-c3ccccc3)o2)cc1. The summed E-state index contributed by atoms with van der Waals surface area (Å²) in [6.07, 6.45) is 3.80. The number of methoxy groups -OCH3 is 1. The summed E-state index contributed by atoms with van der Waals surface area (Å²) in [6, 6.07) is 17.8. The van der Waals surface area contributed by atoms with E-state index in [-0.39, 0.29) is 0 Å². The van der Waals surface area contributed by atoms with Gasteiger partial charge in [0.1, 0.15) is 5.75 Å². The highest BCUT2D eigenvalue weighted by Gasteiger charge is 2.19. The number of hydrogen-bond donors (Lipinski definition) is 0. The molecule has 8 nitrogen and oxygen atoms in total. The Bertz CT molecular complexity index is 1170. The van der Waals surface area contributed by atoms with Crippen molar-refractivity contribution < 1.29 is 9.15 Å². The van der Waals surface area contributed by atoms with E-state index in [1.54, 1.807) is 18.9 Å². The molecule has 9 heteroatoms. The summed E-state index contributed by atoms with van der Waals surface area (Å²) in [5.41, 5.74) is 1.91. The zero-order valence-corrected chi connectivity index (χ0v) is 19.4. The Labute approximate surface area is 197 Å². The van der Waals surface area contributed by atoms with Gasteiger partial charge < -0.3 is 9.15 Å². The van der Waals surface area contributed by atoms with Crippen molar-refractivity contribution in [1.29, 1.82) is 0 Å². The summed E-state index contributed by atoms with van der Waals surface area (Å²) in [5, 5.41) is 18.3. The predicted octanol–water partition coefficient (Wildman–Crippen LogP) is 4.60. The first-order valence-electron chi connectivity index (χ1n) is 11.1. The lowest BCUT2D eigenvalue weighted by atomic mass is 10.1. The van der Waals surface area contributed by atoms with Gasteiger partial charge in [-0.1, -0.05) is 36.4 Å². The molecule has 2 aromatic carbocycles. The molecule has 0 aliphatic carbocycles. The number of benzene rings is 2. The van der Waals surface area contributed by atoms with Crippen LogP contribution in [0.2, 0.25) is 0 Å². The van der Waals surface area contributed by atoms with Crippen LogP contribution in [-0.2, 0) is 12.3 Å². The van der Waals surface area contributed by atoms with E-state index < -0.39 is 0 Å². The Balaban J connectivity index is 1.33. The topological polar surface area (TPSA) is 82.1 Å². The predicted molar refractivity (Wildman–Crippen MR) is 126 cm³/mol. The molecule has 0 atom stereocenters. The molecule has 2 aromatic heterocycles. The van der Waals surface area contributed by atoms with Crippen molar-refractivity contribution in [2.45, 2.75) is 36.7 Å². The van der Waals surface area contributed by atoms with Gasteiger partial charge in [0, 0.05) is 11.3 Å². The van der Waals surface area contributed by atoms with Gasteiger partial charge in [0.15, 0.2) is 11.0 Å². The molecule has 5 rings (SSSR count). The summed E-state index contributed by atoms with van der Waals surface area (Å²) >= 11 is 1.55. The maximum absolute atomic E-state index is 5.89. The highest BCUT2D eigenvalue weighted by molar-refractivity contribution is 7.98. The second-order valence-electron chi connectivity index (χ2n) is 7.92. The van der Waals surface area contributed by atoms with Crippen LogP contribution in [0.25, 0.3) is 17.1 Å². The molecule has 1 aliphatic rings. The third-order valence-electron chi connectivity index (χ3n) is 5.66. The van der Waals surface area contributed by atoms with Gasteiger partial charge >= 0.3 is 0 Å². The quantitative estimate of drug-likeness (QED) is 0.351. The van der Waals surface area contributed by atoms with E-state index in [0.29, 0.717) is 17.5 Å². The van der Waals surface area contributed by atoms with Crippen LogP contribution in [-0.4, -0.2) is 50.1 Å². The van der Waals surface area contributed by atoms with Crippen molar-refractivity contribution in [3.8, 4) is 22.9 Å². The van der Waals surface area contributed by atoms with Gasteiger partial charge in [-0.25, -0.2) is 0 Å². The molecule has 1 aliphatic heterocycles. The van der Waals surface area contributed by atoms with Crippen molar-refractivity contribution >= 4 is 11.8 Å². The molecule has 1 fully saturated rings. The molecular weight excluding hydrogens is 436 g/mol. The number of likely N-dealkylation sites (tertiary alicyclic amines) is 1. The van der Waals surface area contributed by atoms with Gasteiger partial charge in [-0.2, -0.15) is 0 Å². The highest BCUT2D eigenvalue weighted by atomic mass is 32.2. The maximum atomic E-state index is 5.89. The van der Waals surface area contributed by atoms with Crippen LogP contribution >= 0.6 is 11.8 Å². The molecule has 0 spiro atoms. The molecule has 0 amide bonds. The monoisotopic (exact) mass is 462 g/mol. The summed E-state index contributed by atoms with van der Waals surface area (Å²) in [7, 11) is 1.64. The summed E-state index contributed by atoms with van der Waals surface area (Å²) in [4.78, 5) is 2.46. The van der Waals surface area contributed by atoms with Crippen LogP contribution in [0, 0.1) is 0 Å². The van der Waals surface area contributed by atoms with Crippen molar-refractivity contribution in [3.05, 3.63) is 66.3 Å². The second-order valence-corrected chi connectivity index (χ2v) is 8.87. The molecule has 3 heterocycles. The molecule has 4 aromatic rings. The zero-order valence-electron chi connectivity index (χ0n) is 18.6. The summed E-state index contributed by atoms with van der Waals surface area (Å²) in [6.45, 7) is 3.02. The van der Waals surface area contributed by atoms with Gasteiger partial charge in [0.2, 0.25) is 11.8 Å². The Morgan fingerprint density at radius 1 is 0.909 bits per heavy atom. The number of para-hydroxylation sites is 1. The van der Waals surface area contributed by atoms with Crippen LogP contribution in [0.4, 0.5) is 0 Å². The van der Waals surface area contributed by atoms with E-state index >= 15 is 0 Å². The Hall–Kier alpha value is -3.17. The van der Waals surface area contributed by atoms with E-state index in [1.165, 1.54) is 19.3 Å². The van der Waals surface area contributed by atoms with E-state index in [4.69, 9.17) is 9.15 Å². The average Bonchev–Trinajstić information content (AvgIpc) is 3.51. The minimum atomic E-state index is 0.489. The third-order valence-corrected chi connectivity index (χ3v) is 6.57. The summed E-state index contributed by atoms with van der Waals surface area (Å²) < 4.78 is 13.2. The lowest BCUT2D eigenvalue weighted by Gasteiger charge is -2.26. The first-order valence-corrected chi connectivity index (χ1v) is 12.1. The van der Waals surface area contributed by atoms with E-state index in [0.717, 1.165) is 47.6 Å². The number of rotatable bonds is 8. The van der Waals surface area contributed by atoms with E-state index in [2.05, 4.69) is 42.0 Å². The first kappa shape index (κ1) is 21.7. The van der Waals surface area contributed by atoms with Gasteiger partial charge in [0.05, 0.1) is 19.4 Å². The normalized spacial score (nSPS) is 14.5. The highest BCUT2D eigenvalue weighted by Crippen LogP contribution is 2.28. The minimum Gasteiger partial charge on any atom is -0.497 e. The number of piperidine rings is 1. The molecule has 33 heavy (non-hydrogen) atoms. The van der Waals surface area contributed by atoms with Gasteiger partial charge in [0.25, 0.3) is 0 Å². The molecule has 0 bridgehead atoms.